The van der Waals surface area contributed by atoms with Crippen molar-refractivity contribution in [1.29, 1.82) is 0 Å². The van der Waals surface area contributed by atoms with Gasteiger partial charge in [0.2, 0.25) is 0 Å². The summed E-state index contributed by atoms with van der Waals surface area (Å²) in [5, 5.41) is 9.23. The Morgan fingerprint density at radius 2 is 1.56 bits per heavy atom. The number of rotatable bonds is 11. The van der Waals surface area contributed by atoms with Crippen molar-refractivity contribution in [3.05, 3.63) is 96.3 Å². The maximum absolute atomic E-state index is 13.0. The molecule has 4 rings (SSSR count). The van der Waals surface area contributed by atoms with Crippen molar-refractivity contribution in [2.75, 3.05) is 12.4 Å². The Kier molecular flexibility index (Phi) is 8.03. The number of aryl methyl sites for hydroxylation is 1. The van der Waals surface area contributed by atoms with Gasteiger partial charge in [0.15, 0.2) is 20.8 Å². The van der Waals surface area contributed by atoms with E-state index in [2.05, 4.69) is 29.3 Å². The molecule has 0 atom stereocenters. The lowest BCUT2D eigenvalue weighted by atomic mass is 10.2. The fourth-order valence-electron chi connectivity index (χ4n) is 3.44. The molecule has 0 aliphatic carbocycles. The quantitative estimate of drug-likeness (QED) is 0.207. The fraction of sp³-hybridized carbons (Fsp3) is 0.231. The van der Waals surface area contributed by atoms with Crippen LogP contribution in [0.25, 0.3) is 5.69 Å². The van der Waals surface area contributed by atoms with Gasteiger partial charge >= 0.3 is 0 Å². The van der Waals surface area contributed by atoms with Crippen LogP contribution in [0.1, 0.15) is 24.7 Å². The summed E-state index contributed by atoms with van der Waals surface area (Å²) in [6.07, 6.45) is 1.83. The Morgan fingerprint density at radius 1 is 0.882 bits per heavy atom. The number of sulfone groups is 1. The molecule has 0 saturated heterocycles. The predicted molar refractivity (Wildman–Crippen MR) is 135 cm³/mol. The first-order valence-corrected chi connectivity index (χ1v) is 13.8. The average Bonchev–Trinajstić information content (AvgIpc) is 3.26. The van der Waals surface area contributed by atoms with Crippen LogP contribution in [-0.2, 0) is 22.0 Å². The lowest BCUT2D eigenvalue weighted by molar-refractivity contribution is 0.318. The molecule has 1 heterocycles. The highest BCUT2D eigenvalue weighted by Crippen LogP contribution is 2.25. The maximum Gasteiger partial charge on any atom is 0.195 e. The summed E-state index contributed by atoms with van der Waals surface area (Å²) in [6, 6.07) is 26.2. The van der Waals surface area contributed by atoms with E-state index < -0.39 is 9.84 Å². The van der Waals surface area contributed by atoms with Gasteiger partial charge in [-0.25, -0.2) is 8.42 Å². The molecule has 0 unspecified atom stereocenters. The molecular formula is C26H27N3O3S2. The second kappa shape index (κ2) is 11.4. The second-order valence-corrected chi connectivity index (χ2v) is 10.7. The lowest BCUT2D eigenvalue weighted by Crippen LogP contribution is -2.11. The Balaban J connectivity index is 1.44. The van der Waals surface area contributed by atoms with Gasteiger partial charge in [-0.3, -0.25) is 4.57 Å². The minimum atomic E-state index is -3.55. The summed E-state index contributed by atoms with van der Waals surface area (Å²) < 4.78 is 33.6. The molecule has 1 aromatic heterocycles. The Bertz CT molecular complexity index is 1290. The molecule has 0 bridgehead atoms. The third-order valence-corrected chi connectivity index (χ3v) is 7.90. The number of hydrogen-bond acceptors (Lipinski definition) is 6. The standard InChI is InChI=1S/C26H27N3O3S2/c1-2-21-14-16-23(17-15-21)32-18-9-19-33-26-28-27-25(29(26)22-10-5-3-6-11-22)20-34(30,31)24-12-7-4-8-13-24/h3-8,10-17H,2,9,18-20H2,1H3. The van der Waals surface area contributed by atoms with E-state index in [9.17, 15) is 8.42 Å². The SMILES string of the molecule is CCc1ccc(OCCCSc2nnc(CS(=O)(=O)c3ccccc3)n2-c2ccccc2)cc1. The Morgan fingerprint density at radius 3 is 2.24 bits per heavy atom. The molecule has 0 saturated carbocycles. The van der Waals surface area contributed by atoms with E-state index >= 15 is 0 Å². The number of aromatic nitrogens is 3. The molecule has 0 N–H and O–H groups in total. The maximum atomic E-state index is 13.0. The van der Waals surface area contributed by atoms with Crippen molar-refractivity contribution >= 4 is 21.6 Å². The summed E-state index contributed by atoms with van der Waals surface area (Å²) in [5.74, 6) is 1.80. The third-order valence-electron chi connectivity index (χ3n) is 5.26. The van der Waals surface area contributed by atoms with E-state index in [4.69, 9.17) is 4.74 Å². The molecule has 4 aromatic rings. The largest absolute Gasteiger partial charge is 0.494 e. The van der Waals surface area contributed by atoms with E-state index in [1.54, 1.807) is 42.1 Å². The first-order valence-electron chi connectivity index (χ1n) is 11.2. The Hall–Kier alpha value is -3.10. The lowest BCUT2D eigenvalue weighted by Gasteiger charge is -2.11. The Labute approximate surface area is 204 Å². The van der Waals surface area contributed by atoms with Gasteiger partial charge in [0.25, 0.3) is 0 Å². The van der Waals surface area contributed by atoms with Crippen LogP contribution in [-0.4, -0.2) is 35.5 Å². The molecule has 8 heteroatoms. The topological polar surface area (TPSA) is 74.1 Å². The number of benzene rings is 3. The number of ether oxygens (including phenoxy) is 1. The molecule has 0 aliphatic rings. The zero-order valence-corrected chi connectivity index (χ0v) is 20.6. The monoisotopic (exact) mass is 493 g/mol. The van der Waals surface area contributed by atoms with Crippen LogP contribution < -0.4 is 4.74 Å². The van der Waals surface area contributed by atoms with Crippen LogP contribution in [0.2, 0.25) is 0 Å². The van der Waals surface area contributed by atoms with Crippen molar-refractivity contribution < 1.29 is 13.2 Å². The summed E-state index contributed by atoms with van der Waals surface area (Å²) in [6.45, 7) is 2.72. The van der Waals surface area contributed by atoms with Crippen molar-refractivity contribution in [2.45, 2.75) is 35.6 Å². The number of hydrogen-bond donors (Lipinski definition) is 0. The number of nitrogens with zero attached hydrogens (tertiary/aromatic N) is 3. The molecule has 176 valence electrons. The van der Waals surface area contributed by atoms with Gasteiger partial charge < -0.3 is 4.74 Å². The van der Waals surface area contributed by atoms with E-state index in [1.807, 2.05) is 47.0 Å². The van der Waals surface area contributed by atoms with Crippen LogP contribution in [0.5, 0.6) is 5.75 Å². The van der Waals surface area contributed by atoms with Gasteiger partial charge in [-0.1, -0.05) is 67.2 Å². The van der Waals surface area contributed by atoms with Gasteiger partial charge in [-0.2, -0.15) is 0 Å². The molecule has 34 heavy (non-hydrogen) atoms. The van der Waals surface area contributed by atoms with Crippen LogP contribution in [0, 0.1) is 0 Å². The molecule has 0 radical (unpaired) electrons. The van der Waals surface area contributed by atoms with Gasteiger partial charge in [0.05, 0.1) is 11.5 Å². The highest BCUT2D eigenvalue weighted by atomic mass is 32.2. The van der Waals surface area contributed by atoms with Crippen molar-refractivity contribution in [2.24, 2.45) is 0 Å². The summed E-state index contributed by atoms with van der Waals surface area (Å²) in [4.78, 5) is 0.274. The number of thioether (sulfide) groups is 1. The number of para-hydroxylation sites is 1. The second-order valence-electron chi connectivity index (χ2n) is 7.69. The first kappa shape index (κ1) is 24.0. The van der Waals surface area contributed by atoms with Gasteiger partial charge in [-0.05, 0) is 54.8 Å². The van der Waals surface area contributed by atoms with E-state index in [-0.39, 0.29) is 10.6 Å². The summed E-state index contributed by atoms with van der Waals surface area (Å²) in [5.41, 5.74) is 2.12. The van der Waals surface area contributed by atoms with Gasteiger partial charge in [0, 0.05) is 11.4 Å². The first-order chi connectivity index (χ1) is 16.6. The van der Waals surface area contributed by atoms with Gasteiger partial charge in [-0.15, -0.1) is 10.2 Å². The van der Waals surface area contributed by atoms with E-state index in [0.29, 0.717) is 17.6 Å². The highest BCUT2D eigenvalue weighted by Gasteiger charge is 2.22. The van der Waals surface area contributed by atoms with Crippen LogP contribution in [0.4, 0.5) is 0 Å². The van der Waals surface area contributed by atoms with Crippen molar-refractivity contribution in [1.82, 2.24) is 14.8 Å². The highest BCUT2D eigenvalue weighted by molar-refractivity contribution is 7.99. The normalized spacial score (nSPS) is 11.4. The zero-order chi connectivity index (χ0) is 23.8. The van der Waals surface area contributed by atoms with Crippen molar-refractivity contribution in [3.63, 3.8) is 0 Å². The molecule has 0 spiro atoms. The van der Waals surface area contributed by atoms with E-state index in [0.717, 1.165) is 30.0 Å². The van der Waals surface area contributed by atoms with Crippen LogP contribution in [0.3, 0.4) is 0 Å². The third kappa shape index (κ3) is 6.07. The zero-order valence-electron chi connectivity index (χ0n) is 19.0. The fourth-order valence-corrected chi connectivity index (χ4v) is 5.59. The van der Waals surface area contributed by atoms with E-state index in [1.165, 1.54) is 5.56 Å². The van der Waals surface area contributed by atoms with Crippen LogP contribution >= 0.6 is 11.8 Å². The van der Waals surface area contributed by atoms with Crippen molar-refractivity contribution in [3.8, 4) is 11.4 Å². The predicted octanol–water partition coefficient (Wildman–Crippen LogP) is 5.36. The summed E-state index contributed by atoms with van der Waals surface area (Å²) in [7, 11) is -3.55. The molecule has 0 amide bonds. The molecular weight excluding hydrogens is 466 g/mol. The smallest absolute Gasteiger partial charge is 0.195 e. The molecule has 0 fully saturated rings. The molecule has 6 nitrogen and oxygen atoms in total. The van der Waals surface area contributed by atoms with Gasteiger partial charge in [0.1, 0.15) is 11.5 Å². The van der Waals surface area contributed by atoms with Crippen LogP contribution in [0.15, 0.2) is 95.0 Å². The summed E-state index contributed by atoms with van der Waals surface area (Å²) >= 11 is 1.54. The minimum absolute atomic E-state index is 0.226. The molecule has 3 aromatic carbocycles. The average molecular weight is 494 g/mol. The molecule has 0 aliphatic heterocycles. The minimum Gasteiger partial charge on any atom is -0.494 e.